The third-order valence-electron chi connectivity index (χ3n) is 4.88. The zero-order chi connectivity index (χ0) is 23.6. The fraction of sp³-hybridized carbons (Fsp3) is 0.238. The Labute approximate surface area is 186 Å². The number of nitrogens with zero attached hydrogens (tertiary/aromatic N) is 4. The molecule has 11 heteroatoms. The predicted molar refractivity (Wildman–Crippen MR) is 119 cm³/mol. The van der Waals surface area contributed by atoms with Gasteiger partial charge in [-0.2, -0.15) is 0 Å². The molecule has 0 aliphatic heterocycles. The number of benzene rings is 1. The van der Waals surface area contributed by atoms with Crippen molar-refractivity contribution in [1.29, 1.82) is 0 Å². The van der Waals surface area contributed by atoms with Gasteiger partial charge >= 0.3 is 17.2 Å². The van der Waals surface area contributed by atoms with Gasteiger partial charge in [-0.15, -0.1) is 11.3 Å². The largest absolute Gasteiger partial charge is 0.465 e. The van der Waals surface area contributed by atoms with Crippen molar-refractivity contribution >= 4 is 39.7 Å². The molecule has 0 atom stereocenters. The first kappa shape index (κ1) is 22.8. The van der Waals surface area contributed by atoms with E-state index in [1.165, 1.54) is 29.4 Å². The molecule has 0 saturated carbocycles. The van der Waals surface area contributed by atoms with Gasteiger partial charge in [0.05, 0.1) is 35.5 Å². The maximum Gasteiger partial charge on any atom is 0.339 e. The van der Waals surface area contributed by atoms with Crippen LogP contribution in [0.15, 0.2) is 40.6 Å². The second-order valence-corrected chi connectivity index (χ2v) is 7.83. The number of aryl methyl sites for hydroxylation is 1. The Bertz CT molecular complexity index is 1280. The van der Waals surface area contributed by atoms with E-state index in [1.54, 1.807) is 5.38 Å². The second-order valence-electron chi connectivity index (χ2n) is 6.99. The highest BCUT2D eigenvalue weighted by Crippen LogP contribution is 2.32. The van der Waals surface area contributed by atoms with E-state index in [2.05, 4.69) is 9.72 Å². The molecule has 166 valence electrons. The maximum absolute atomic E-state index is 12.5. The monoisotopic (exact) mass is 456 g/mol. The highest BCUT2D eigenvalue weighted by atomic mass is 32.1. The number of amides is 1. The summed E-state index contributed by atoms with van der Waals surface area (Å²) in [4.78, 5) is 53.1. The number of ether oxygens (including phenoxy) is 1. The van der Waals surface area contributed by atoms with Gasteiger partial charge in [0.25, 0.3) is 0 Å². The van der Waals surface area contributed by atoms with Gasteiger partial charge in [-0.05, 0) is 31.0 Å². The molecule has 3 aromatic rings. The third-order valence-corrected chi connectivity index (χ3v) is 5.75. The highest BCUT2D eigenvalue weighted by Gasteiger charge is 2.23. The highest BCUT2D eigenvalue weighted by molar-refractivity contribution is 7.14. The van der Waals surface area contributed by atoms with Crippen molar-refractivity contribution in [2.24, 2.45) is 0 Å². The van der Waals surface area contributed by atoms with E-state index in [1.807, 2.05) is 32.0 Å². The predicted octanol–water partition coefficient (Wildman–Crippen LogP) is 3.35. The molecular formula is C21H20N4O6S. The van der Waals surface area contributed by atoms with Crippen LogP contribution in [-0.2, 0) is 16.1 Å². The smallest absolute Gasteiger partial charge is 0.339 e. The zero-order valence-corrected chi connectivity index (χ0v) is 18.6. The van der Waals surface area contributed by atoms with Crippen LogP contribution in [0.25, 0.3) is 0 Å². The van der Waals surface area contributed by atoms with E-state index in [4.69, 9.17) is 0 Å². The van der Waals surface area contributed by atoms with Gasteiger partial charge in [-0.3, -0.25) is 24.6 Å². The van der Waals surface area contributed by atoms with E-state index < -0.39 is 22.1 Å². The number of hydrogen-bond acceptors (Lipinski definition) is 8. The topological polar surface area (TPSA) is 125 Å². The lowest BCUT2D eigenvalue weighted by molar-refractivity contribution is -0.386. The molecule has 0 bridgehead atoms. The first-order valence-electron chi connectivity index (χ1n) is 9.42. The molecule has 1 aromatic carbocycles. The molecule has 0 radical (unpaired) electrons. The van der Waals surface area contributed by atoms with Crippen molar-refractivity contribution in [1.82, 2.24) is 9.55 Å². The van der Waals surface area contributed by atoms with Gasteiger partial charge in [-0.1, -0.05) is 12.1 Å². The molecular weight excluding hydrogens is 436 g/mol. The number of hydrogen-bond donors (Lipinski definition) is 0. The lowest BCUT2D eigenvalue weighted by Crippen LogP contribution is -2.25. The van der Waals surface area contributed by atoms with Crippen molar-refractivity contribution < 1.29 is 19.2 Å². The average molecular weight is 456 g/mol. The molecule has 0 spiro atoms. The fourth-order valence-corrected chi connectivity index (χ4v) is 4.00. The number of nitro groups is 1. The summed E-state index contributed by atoms with van der Waals surface area (Å²) in [5.41, 5.74) is 1.29. The van der Waals surface area contributed by atoms with Gasteiger partial charge in [0.2, 0.25) is 5.91 Å². The average Bonchev–Trinajstić information content (AvgIpc) is 3.19. The molecule has 0 fully saturated rings. The van der Waals surface area contributed by atoms with Crippen LogP contribution in [0.4, 0.5) is 16.5 Å². The van der Waals surface area contributed by atoms with Gasteiger partial charge in [0, 0.05) is 24.6 Å². The summed E-state index contributed by atoms with van der Waals surface area (Å²) in [6.07, 6.45) is 1.19. The molecule has 0 N–H and O–H groups in total. The van der Waals surface area contributed by atoms with Crippen LogP contribution in [-0.4, -0.2) is 33.5 Å². The van der Waals surface area contributed by atoms with Gasteiger partial charge in [0.15, 0.2) is 5.13 Å². The number of esters is 1. The molecule has 0 unspecified atom stereocenters. The normalized spacial score (nSPS) is 10.6. The Morgan fingerprint density at radius 3 is 2.66 bits per heavy atom. The van der Waals surface area contributed by atoms with Crippen molar-refractivity contribution in [3.8, 4) is 0 Å². The van der Waals surface area contributed by atoms with Crippen LogP contribution < -0.4 is 10.5 Å². The number of methoxy groups -OCH3 is 1. The molecule has 10 nitrogen and oxygen atoms in total. The minimum Gasteiger partial charge on any atom is -0.465 e. The van der Waals surface area contributed by atoms with E-state index in [0.29, 0.717) is 16.5 Å². The van der Waals surface area contributed by atoms with Crippen LogP contribution in [0.5, 0.6) is 0 Å². The van der Waals surface area contributed by atoms with Crippen LogP contribution in [0.1, 0.15) is 34.1 Å². The van der Waals surface area contributed by atoms with E-state index in [0.717, 1.165) is 28.9 Å². The Balaban J connectivity index is 2.02. The van der Waals surface area contributed by atoms with Crippen molar-refractivity contribution in [3.05, 3.63) is 78.7 Å². The zero-order valence-electron chi connectivity index (χ0n) is 17.8. The maximum atomic E-state index is 12.5. The van der Waals surface area contributed by atoms with Crippen LogP contribution in [0.2, 0.25) is 0 Å². The minimum absolute atomic E-state index is 0.125. The summed E-state index contributed by atoms with van der Waals surface area (Å²) < 4.78 is 5.64. The van der Waals surface area contributed by atoms with Crippen molar-refractivity contribution in [3.63, 3.8) is 0 Å². The third kappa shape index (κ3) is 4.42. The van der Waals surface area contributed by atoms with Crippen LogP contribution in [0.3, 0.4) is 0 Å². The minimum atomic E-state index is -0.879. The summed E-state index contributed by atoms with van der Waals surface area (Å²) in [6, 6.07) is 6.49. The van der Waals surface area contributed by atoms with E-state index in [-0.39, 0.29) is 18.0 Å². The molecule has 0 aliphatic rings. The van der Waals surface area contributed by atoms with E-state index in [9.17, 15) is 24.5 Å². The molecule has 1 amide bonds. The Hall–Kier alpha value is -3.86. The number of thiazole rings is 1. The van der Waals surface area contributed by atoms with Crippen molar-refractivity contribution in [2.45, 2.75) is 27.3 Å². The van der Waals surface area contributed by atoms with Gasteiger partial charge < -0.3 is 9.30 Å². The van der Waals surface area contributed by atoms with Gasteiger partial charge in [-0.25, -0.2) is 9.78 Å². The summed E-state index contributed by atoms with van der Waals surface area (Å²) in [7, 11) is 1.14. The number of pyridine rings is 1. The number of carbonyl (C=O) groups is 2. The second kappa shape index (κ2) is 9.10. The summed E-state index contributed by atoms with van der Waals surface area (Å²) in [5, 5.41) is 13.3. The standard InChI is InChI=1S/C21H20N4O6S/c1-12-6-5-7-17(13(12)2)24(14(3)26)21-22-16(11-32-21)10-23-9-15(20(28)31-4)8-18(19(23)27)25(29)30/h5-9,11H,10H2,1-4H3. The first-order valence-corrected chi connectivity index (χ1v) is 10.3. The van der Waals surface area contributed by atoms with Crippen LogP contribution in [0, 0.1) is 24.0 Å². The number of rotatable bonds is 6. The fourth-order valence-electron chi connectivity index (χ4n) is 3.13. The molecule has 2 aromatic heterocycles. The Morgan fingerprint density at radius 2 is 2.03 bits per heavy atom. The Kier molecular flexibility index (Phi) is 6.49. The van der Waals surface area contributed by atoms with Gasteiger partial charge in [0.1, 0.15) is 0 Å². The number of anilines is 2. The first-order chi connectivity index (χ1) is 15.1. The summed E-state index contributed by atoms with van der Waals surface area (Å²) in [5.74, 6) is -1.04. The molecule has 0 saturated heterocycles. The molecule has 3 rings (SSSR count). The molecule has 32 heavy (non-hydrogen) atoms. The van der Waals surface area contributed by atoms with Crippen molar-refractivity contribution in [2.75, 3.05) is 12.0 Å². The molecule has 2 heterocycles. The summed E-state index contributed by atoms with van der Waals surface area (Å²) >= 11 is 1.20. The number of aromatic nitrogens is 2. The quantitative estimate of drug-likeness (QED) is 0.316. The number of carbonyl (C=O) groups excluding carboxylic acids is 2. The lowest BCUT2D eigenvalue weighted by Gasteiger charge is -2.21. The summed E-state index contributed by atoms with van der Waals surface area (Å²) in [6.45, 7) is 5.15. The molecule has 0 aliphatic carbocycles. The Morgan fingerprint density at radius 1 is 1.31 bits per heavy atom. The van der Waals surface area contributed by atoms with E-state index >= 15 is 0 Å². The SMILES string of the molecule is COC(=O)c1cc([N+](=O)[O-])c(=O)n(Cc2csc(N(C(C)=O)c3cccc(C)c3C)n2)c1. The van der Waals surface area contributed by atoms with Crippen LogP contribution >= 0.6 is 11.3 Å². The lowest BCUT2D eigenvalue weighted by atomic mass is 10.1.